The lowest BCUT2D eigenvalue weighted by molar-refractivity contribution is -0.145. The van der Waals surface area contributed by atoms with Crippen LogP contribution in [0.1, 0.15) is 60.9 Å². The molecule has 1 aliphatic rings. The summed E-state index contributed by atoms with van der Waals surface area (Å²) in [5.74, 6) is 2.52. The summed E-state index contributed by atoms with van der Waals surface area (Å²) in [6, 6.07) is 16.5. The van der Waals surface area contributed by atoms with Crippen LogP contribution in [0.3, 0.4) is 0 Å². The van der Waals surface area contributed by atoms with Crippen molar-refractivity contribution in [1.29, 1.82) is 0 Å². The topological polar surface area (TPSA) is 81.8 Å². The summed E-state index contributed by atoms with van der Waals surface area (Å²) in [6.07, 6.45) is 6.17. The Bertz CT molecular complexity index is 1020. The number of benzene rings is 2. The van der Waals surface area contributed by atoms with E-state index in [1.54, 1.807) is 12.1 Å². The first kappa shape index (κ1) is 22.9. The standard InChI is InChI=1S/C27H31NO5/c1-19-24(28-26(32-19)21-8-4-2-5-9-21)16-17-31-22-14-12-20(13-15-22)18-25(27(29)30)33-23-10-6-3-7-11-23/h3,6-7,10-15,21,25H,2,4-5,8-9,16-18H2,1H3,(H,29,30)/t25-/m0/s1. The Labute approximate surface area is 194 Å². The molecule has 33 heavy (non-hydrogen) atoms. The lowest BCUT2D eigenvalue weighted by Gasteiger charge is -2.17. The first-order chi connectivity index (χ1) is 16.1. The molecule has 0 amide bonds. The molecule has 1 fully saturated rings. The second-order valence-electron chi connectivity index (χ2n) is 8.59. The van der Waals surface area contributed by atoms with Gasteiger partial charge in [0.1, 0.15) is 17.3 Å². The maximum Gasteiger partial charge on any atom is 0.345 e. The molecule has 174 valence electrons. The largest absolute Gasteiger partial charge is 0.493 e. The minimum absolute atomic E-state index is 0.270. The molecule has 0 aliphatic heterocycles. The van der Waals surface area contributed by atoms with Gasteiger partial charge in [-0.1, -0.05) is 49.6 Å². The number of carbonyl (C=O) groups is 1. The number of carboxylic acids is 1. The molecule has 1 aliphatic carbocycles. The second kappa shape index (κ2) is 11.0. The van der Waals surface area contributed by atoms with Crippen molar-refractivity contribution < 1.29 is 23.8 Å². The molecule has 3 aromatic rings. The highest BCUT2D eigenvalue weighted by atomic mass is 16.5. The third-order valence-corrected chi connectivity index (χ3v) is 6.11. The summed E-state index contributed by atoms with van der Waals surface area (Å²) in [4.78, 5) is 16.4. The average molecular weight is 450 g/mol. The molecular formula is C27H31NO5. The van der Waals surface area contributed by atoms with Crippen molar-refractivity contribution >= 4 is 5.97 Å². The van der Waals surface area contributed by atoms with E-state index in [9.17, 15) is 9.90 Å². The predicted octanol–water partition coefficient (Wildman–Crippen LogP) is 5.73. The predicted molar refractivity (Wildman–Crippen MR) is 125 cm³/mol. The third-order valence-electron chi connectivity index (χ3n) is 6.11. The molecule has 0 saturated heterocycles. The number of hydrogen-bond acceptors (Lipinski definition) is 5. The molecule has 0 spiro atoms. The summed E-state index contributed by atoms with van der Waals surface area (Å²) in [5.41, 5.74) is 1.84. The van der Waals surface area contributed by atoms with Gasteiger partial charge in [0, 0.05) is 18.8 Å². The van der Waals surface area contributed by atoms with Crippen LogP contribution < -0.4 is 9.47 Å². The van der Waals surface area contributed by atoms with Crippen LogP contribution in [0, 0.1) is 6.92 Å². The number of aryl methyl sites for hydroxylation is 1. The van der Waals surface area contributed by atoms with Crippen LogP contribution in [0.15, 0.2) is 59.0 Å². The Morgan fingerprint density at radius 2 is 1.79 bits per heavy atom. The Kier molecular flexibility index (Phi) is 7.66. The molecule has 0 radical (unpaired) electrons. The van der Waals surface area contributed by atoms with Gasteiger partial charge in [0.25, 0.3) is 0 Å². The van der Waals surface area contributed by atoms with E-state index >= 15 is 0 Å². The molecule has 1 aromatic heterocycles. The van der Waals surface area contributed by atoms with Crippen molar-refractivity contribution in [3.8, 4) is 11.5 Å². The number of ether oxygens (including phenoxy) is 2. The highest BCUT2D eigenvalue weighted by Gasteiger charge is 2.22. The number of carboxylic acid groups (broad SMARTS) is 1. The van der Waals surface area contributed by atoms with Gasteiger partial charge in [-0.15, -0.1) is 0 Å². The summed E-state index contributed by atoms with van der Waals surface area (Å²) < 4.78 is 17.5. The highest BCUT2D eigenvalue weighted by Crippen LogP contribution is 2.33. The van der Waals surface area contributed by atoms with E-state index in [0.29, 0.717) is 24.7 Å². The fraction of sp³-hybridized carbons (Fsp3) is 0.407. The number of hydrogen-bond donors (Lipinski definition) is 1. The number of para-hydroxylation sites is 1. The molecular weight excluding hydrogens is 418 g/mol. The maximum atomic E-state index is 11.6. The molecule has 4 rings (SSSR count). The van der Waals surface area contributed by atoms with Gasteiger partial charge in [0.15, 0.2) is 12.0 Å². The molecule has 1 heterocycles. The van der Waals surface area contributed by atoms with Crippen LogP contribution in [0.25, 0.3) is 0 Å². The van der Waals surface area contributed by atoms with Gasteiger partial charge < -0.3 is 19.0 Å². The Morgan fingerprint density at radius 1 is 1.06 bits per heavy atom. The van der Waals surface area contributed by atoms with Crippen molar-refractivity contribution in [1.82, 2.24) is 4.98 Å². The smallest absolute Gasteiger partial charge is 0.345 e. The monoisotopic (exact) mass is 449 g/mol. The van der Waals surface area contributed by atoms with Crippen molar-refractivity contribution in [3.63, 3.8) is 0 Å². The SMILES string of the molecule is Cc1oc(C2CCCCC2)nc1CCOc1ccc(C[C@H](Oc2ccccc2)C(=O)O)cc1. The molecule has 6 heteroatoms. The van der Waals surface area contributed by atoms with Crippen molar-refractivity contribution in [3.05, 3.63) is 77.5 Å². The quantitative estimate of drug-likeness (QED) is 0.426. The normalized spacial score (nSPS) is 15.2. The van der Waals surface area contributed by atoms with Crippen LogP contribution in [-0.4, -0.2) is 28.8 Å². The Balaban J connectivity index is 1.28. The van der Waals surface area contributed by atoms with Crippen LogP contribution in [0.2, 0.25) is 0 Å². The van der Waals surface area contributed by atoms with E-state index in [1.165, 1.54) is 32.1 Å². The first-order valence-corrected chi connectivity index (χ1v) is 11.7. The summed E-state index contributed by atoms with van der Waals surface area (Å²) in [7, 11) is 0. The van der Waals surface area contributed by atoms with E-state index in [2.05, 4.69) is 0 Å². The van der Waals surface area contributed by atoms with E-state index < -0.39 is 12.1 Å². The molecule has 1 saturated carbocycles. The van der Waals surface area contributed by atoms with Crippen LogP contribution >= 0.6 is 0 Å². The van der Waals surface area contributed by atoms with E-state index in [0.717, 1.165) is 28.7 Å². The fourth-order valence-electron chi connectivity index (χ4n) is 4.25. The molecule has 0 unspecified atom stereocenters. The lowest BCUT2D eigenvalue weighted by atomic mass is 9.89. The van der Waals surface area contributed by atoms with Crippen LogP contribution in [-0.2, 0) is 17.6 Å². The molecule has 1 N–H and O–H groups in total. The summed E-state index contributed by atoms with van der Waals surface area (Å²) >= 11 is 0. The van der Waals surface area contributed by atoms with Gasteiger partial charge in [-0.25, -0.2) is 9.78 Å². The Hall–Kier alpha value is -3.28. The van der Waals surface area contributed by atoms with Crippen molar-refractivity contribution in [2.24, 2.45) is 0 Å². The highest BCUT2D eigenvalue weighted by molar-refractivity contribution is 5.73. The maximum absolute atomic E-state index is 11.6. The zero-order chi connectivity index (χ0) is 23.0. The average Bonchev–Trinajstić information content (AvgIpc) is 3.21. The van der Waals surface area contributed by atoms with Gasteiger partial charge in [-0.05, 0) is 49.6 Å². The van der Waals surface area contributed by atoms with Crippen molar-refractivity contribution in [2.45, 2.75) is 63.9 Å². The minimum Gasteiger partial charge on any atom is -0.493 e. The molecule has 1 atom stereocenters. The zero-order valence-electron chi connectivity index (χ0n) is 19.0. The fourth-order valence-corrected chi connectivity index (χ4v) is 4.25. The lowest BCUT2D eigenvalue weighted by Crippen LogP contribution is -2.29. The van der Waals surface area contributed by atoms with E-state index in [-0.39, 0.29) is 6.42 Å². The van der Waals surface area contributed by atoms with Crippen LogP contribution in [0.4, 0.5) is 0 Å². The van der Waals surface area contributed by atoms with Crippen LogP contribution in [0.5, 0.6) is 11.5 Å². The number of rotatable bonds is 10. The summed E-state index contributed by atoms with van der Waals surface area (Å²) in [6.45, 7) is 2.48. The van der Waals surface area contributed by atoms with Crippen molar-refractivity contribution in [2.75, 3.05) is 6.61 Å². The van der Waals surface area contributed by atoms with E-state index in [4.69, 9.17) is 18.9 Å². The summed E-state index contributed by atoms with van der Waals surface area (Å²) in [5, 5.41) is 9.52. The number of aliphatic carboxylic acids is 1. The van der Waals surface area contributed by atoms with Gasteiger partial charge in [-0.2, -0.15) is 0 Å². The van der Waals surface area contributed by atoms with Gasteiger partial charge >= 0.3 is 5.97 Å². The number of nitrogens with zero attached hydrogens (tertiary/aromatic N) is 1. The second-order valence-corrected chi connectivity index (χ2v) is 8.59. The Morgan fingerprint density at radius 3 is 2.48 bits per heavy atom. The minimum atomic E-state index is -0.991. The zero-order valence-corrected chi connectivity index (χ0v) is 19.0. The van der Waals surface area contributed by atoms with E-state index in [1.807, 2.05) is 49.4 Å². The molecule has 0 bridgehead atoms. The molecule has 2 aromatic carbocycles. The number of oxazole rings is 1. The third kappa shape index (κ3) is 6.37. The van der Waals surface area contributed by atoms with Gasteiger partial charge in [-0.3, -0.25) is 0 Å². The molecule has 6 nitrogen and oxygen atoms in total. The van der Waals surface area contributed by atoms with Gasteiger partial charge in [0.05, 0.1) is 12.3 Å². The number of aromatic nitrogens is 1. The van der Waals surface area contributed by atoms with Gasteiger partial charge in [0.2, 0.25) is 0 Å². The first-order valence-electron chi connectivity index (χ1n) is 11.7.